The first kappa shape index (κ1) is 14.7. The summed E-state index contributed by atoms with van der Waals surface area (Å²) in [5.41, 5.74) is 1.70. The van der Waals surface area contributed by atoms with Gasteiger partial charge in [-0.05, 0) is 31.0 Å². The molecule has 0 fully saturated rings. The van der Waals surface area contributed by atoms with Crippen molar-refractivity contribution in [3.8, 4) is 0 Å². The molecule has 0 saturated heterocycles. The third-order valence-corrected chi connectivity index (χ3v) is 3.17. The third kappa shape index (κ3) is 3.25. The Bertz CT molecular complexity index is 648. The van der Waals surface area contributed by atoms with E-state index in [1.54, 1.807) is 6.92 Å². The highest BCUT2D eigenvalue weighted by molar-refractivity contribution is 5.94. The highest BCUT2D eigenvalue weighted by Gasteiger charge is 2.22. The van der Waals surface area contributed by atoms with Gasteiger partial charge >= 0.3 is 5.97 Å². The quantitative estimate of drug-likeness (QED) is 0.873. The largest absolute Gasteiger partial charge is 0.476 e. The predicted octanol–water partition coefficient (Wildman–Crippen LogP) is 1.74. The van der Waals surface area contributed by atoms with Crippen LogP contribution in [0.3, 0.4) is 0 Å². The van der Waals surface area contributed by atoms with Gasteiger partial charge in [-0.25, -0.2) is 9.48 Å². The number of nitrogens with one attached hydrogen (secondary N) is 1. The molecule has 0 spiro atoms. The molecule has 1 amide bonds. The molecule has 21 heavy (non-hydrogen) atoms. The lowest BCUT2D eigenvalue weighted by atomic mass is 10.1. The second-order valence-electron chi connectivity index (χ2n) is 4.58. The molecule has 1 atom stereocenters. The summed E-state index contributed by atoms with van der Waals surface area (Å²) in [5, 5.41) is 18.9. The molecule has 1 aromatic carbocycles. The Hall–Kier alpha value is -2.70. The average molecular weight is 288 g/mol. The van der Waals surface area contributed by atoms with Gasteiger partial charge in [-0.3, -0.25) is 4.79 Å². The van der Waals surface area contributed by atoms with E-state index in [2.05, 4.69) is 15.6 Å². The fraction of sp³-hybridized carbons (Fsp3) is 0.286. The highest BCUT2D eigenvalue weighted by Crippen LogP contribution is 2.14. The maximum Gasteiger partial charge on any atom is 0.355 e. The molecule has 2 rings (SSSR count). The van der Waals surface area contributed by atoms with Crippen LogP contribution in [0.2, 0.25) is 0 Å². The topological polar surface area (TPSA) is 97.1 Å². The van der Waals surface area contributed by atoms with Crippen molar-refractivity contribution in [3.63, 3.8) is 0 Å². The summed E-state index contributed by atoms with van der Waals surface area (Å²) >= 11 is 0. The number of benzene rings is 1. The lowest BCUT2D eigenvalue weighted by molar-refractivity contribution is -0.119. The van der Waals surface area contributed by atoms with E-state index in [-0.39, 0.29) is 11.6 Å². The van der Waals surface area contributed by atoms with Gasteiger partial charge in [0.25, 0.3) is 0 Å². The SMILES string of the molecule is CCc1ccc(NC(=O)C(C)n2nncc2C(=O)O)cc1. The van der Waals surface area contributed by atoms with Crippen molar-refractivity contribution >= 4 is 17.6 Å². The van der Waals surface area contributed by atoms with E-state index < -0.39 is 12.0 Å². The van der Waals surface area contributed by atoms with Crippen LogP contribution in [-0.4, -0.2) is 32.0 Å². The first-order chi connectivity index (χ1) is 10.0. The summed E-state index contributed by atoms with van der Waals surface area (Å²) in [6.45, 7) is 3.62. The molecule has 1 aromatic heterocycles. The number of hydrogen-bond donors (Lipinski definition) is 2. The minimum atomic E-state index is -1.17. The maximum absolute atomic E-state index is 12.1. The number of nitrogens with zero attached hydrogens (tertiary/aromatic N) is 3. The van der Waals surface area contributed by atoms with Crippen molar-refractivity contribution in [1.29, 1.82) is 0 Å². The molecule has 0 saturated carbocycles. The van der Waals surface area contributed by atoms with Crippen LogP contribution in [0.25, 0.3) is 0 Å². The van der Waals surface area contributed by atoms with Gasteiger partial charge in [0.2, 0.25) is 5.91 Å². The summed E-state index contributed by atoms with van der Waals surface area (Å²) in [4.78, 5) is 23.2. The molecule has 2 aromatic rings. The summed E-state index contributed by atoms with van der Waals surface area (Å²) in [7, 11) is 0. The van der Waals surface area contributed by atoms with E-state index in [0.717, 1.165) is 17.3 Å². The van der Waals surface area contributed by atoms with Crippen molar-refractivity contribution in [3.05, 3.63) is 41.7 Å². The van der Waals surface area contributed by atoms with E-state index in [1.807, 2.05) is 31.2 Å². The van der Waals surface area contributed by atoms with E-state index in [1.165, 1.54) is 5.56 Å². The first-order valence-corrected chi connectivity index (χ1v) is 6.56. The average Bonchev–Trinajstić information content (AvgIpc) is 2.96. The number of aryl methyl sites for hydroxylation is 1. The number of aromatic carboxylic acids is 1. The van der Waals surface area contributed by atoms with Crippen molar-refractivity contribution in [1.82, 2.24) is 15.0 Å². The van der Waals surface area contributed by atoms with E-state index in [4.69, 9.17) is 5.11 Å². The number of carboxylic acids is 1. The summed E-state index contributed by atoms with van der Waals surface area (Å²) < 4.78 is 1.08. The van der Waals surface area contributed by atoms with Crippen molar-refractivity contribution in [2.75, 3.05) is 5.32 Å². The lowest BCUT2D eigenvalue weighted by Gasteiger charge is -2.13. The van der Waals surface area contributed by atoms with Crippen LogP contribution in [-0.2, 0) is 11.2 Å². The molecule has 0 radical (unpaired) electrons. The highest BCUT2D eigenvalue weighted by atomic mass is 16.4. The number of amides is 1. The molecular formula is C14H16N4O3. The van der Waals surface area contributed by atoms with Gasteiger partial charge in [-0.1, -0.05) is 24.3 Å². The molecule has 110 valence electrons. The van der Waals surface area contributed by atoms with Gasteiger partial charge in [-0.2, -0.15) is 0 Å². The smallest absolute Gasteiger partial charge is 0.355 e. The van der Waals surface area contributed by atoms with Crippen molar-refractivity contribution in [2.45, 2.75) is 26.3 Å². The first-order valence-electron chi connectivity index (χ1n) is 6.56. The molecule has 1 heterocycles. The number of hydrogen-bond acceptors (Lipinski definition) is 4. The molecule has 1 unspecified atom stereocenters. The van der Waals surface area contributed by atoms with Crippen molar-refractivity contribution < 1.29 is 14.7 Å². The van der Waals surface area contributed by atoms with Crippen LogP contribution in [0.5, 0.6) is 0 Å². The number of rotatable bonds is 5. The van der Waals surface area contributed by atoms with E-state index >= 15 is 0 Å². The Balaban J connectivity index is 2.11. The molecule has 7 nitrogen and oxygen atoms in total. The van der Waals surface area contributed by atoms with Crippen LogP contribution in [0.15, 0.2) is 30.5 Å². The van der Waals surface area contributed by atoms with Gasteiger partial charge in [0.05, 0.1) is 6.20 Å². The zero-order chi connectivity index (χ0) is 15.4. The number of anilines is 1. The van der Waals surface area contributed by atoms with E-state index in [0.29, 0.717) is 5.69 Å². The molecule has 0 bridgehead atoms. The van der Waals surface area contributed by atoms with Crippen LogP contribution < -0.4 is 5.32 Å². The molecule has 7 heteroatoms. The monoisotopic (exact) mass is 288 g/mol. The van der Waals surface area contributed by atoms with Gasteiger partial charge < -0.3 is 10.4 Å². The van der Waals surface area contributed by atoms with Gasteiger partial charge in [0.1, 0.15) is 6.04 Å². The Morgan fingerprint density at radius 3 is 2.57 bits per heavy atom. The molecular weight excluding hydrogens is 272 g/mol. The zero-order valence-corrected chi connectivity index (χ0v) is 11.8. The number of aromatic nitrogens is 3. The van der Waals surface area contributed by atoms with Gasteiger partial charge in [-0.15, -0.1) is 5.10 Å². The predicted molar refractivity (Wildman–Crippen MR) is 76.1 cm³/mol. The van der Waals surface area contributed by atoms with Crippen LogP contribution in [0.4, 0.5) is 5.69 Å². The Kier molecular flexibility index (Phi) is 4.32. The van der Waals surface area contributed by atoms with Crippen molar-refractivity contribution in [2.24, 2.45) is 0 Å². The second-order valence-corrected chi connectivity index (χ2v) is 4.58. The molecule has 2 N–H and O–H groups in total. The Labute approximate surface area is 121 Å². The maximum atomic E-state index is 12.1. The Morgan fingerprint density at radius 1 is 1.33 bits per heavy atom. The fourth-order valence-corrected chi connectivity index (χ4v) is 1.86. The minimum Gasteiger partial charge on any atom is -0.476 e. The number of carbonyl (C=O) groups is 2. The Morgan fingerprint density at radius 2 is 2.00 bits per heavy atom. The fourth-order valence-electron chi connectivity index (χ4n) is 1.86. The van der Waals surface area contributed by atoms with Crippen LogP contribution in [0, 0.1) is 0 Å². The normalized spacial score (nSPS) is 11.9. The summed E-state index contributed by atoms with van der Waals surface area (Å²) in [6, 6.07) is 6.70. The number of carbonyl (C=O) groups excluding carboxylic acids is 1. The number of carboxylic acid groups (broad SMARTS) is 1. The van der Waals surface area contributed by atoms with Crippen LogP contribution in [0.1, 0.15) is 35.9 Å². The molecule has 0 aliphatic rings. The van der Waals surface area contributed by atoms with Gasteiger partial charge in [0, 0.05) is 5.69 Å². The third-order valence-electron chi connectivity index (χ3n) is 3.17. The van der Waals surface area contributed by atoms with Crippen LogP contribution >= 0.6 is 0 Å². The lowest BCUT2D eigenvalue weighted by Crippen LogP contribution is -2.26. The second kappa shape index (κ2) is 6.17. The van der Waals surface area contributed by atoms with E-state index in [9.17, 15) is 9.59 Å². The summed E-state index contributed by atoms with van der Waals surface area (Å²) in [5.74, 6) is -1.53. The zero-order valence-electron chi connectivity index (χ0n) is 11.8. The summed E-state index contributed by atoms with van der Waals surface area (Å²) in [6.07, 6.45) is 2.04. The minimum absolute atomic E-state index is 0.126. The van der Waals surface area contributed by atoms with Gasteiger partial charge in [0.15, 0.2) is 5.69 Å². The standard InChI is InChI=1S/C14H16N4O3/c1-3-10-4-6-11(7-5-10)16-13(19)9(2)18-12(14(20)21)8-15-17-18/h4-9H,3H2,1-2H3,(H,16,19)(H,20,21). The molecule has 0 aliphatic carbocycles. The molecule has 0 aliphatic heterocycles.